The van der Waals surface area contributed by atoms with Gasteiger partial charge >= 0.3 is 0 Å². The zero-order valence-corrected chi connectivity index (χ0v) is 11.3. The van der Waals surface area contributed by atoms with Crippen molar-refractivity contribution in [1.29, 1.82) is 0 Å². The Morgan fingerprint density at radius 2 is 2.30 bits per heavy atom. The van der Waals surface area contributed by atoms with E-state index in [1.54, 1.807) is 0 Å². The molecule has 102 valence electrons. The van der Waals surface area contributed by atoms with E-state index in [1.807, 2.05) is 25.4 Å². The molecule has 0 spiro atoms. The Morgan fingerprint density at radius 3 is 3.20 bits per heavy atom. The Balaban J connectivity index is 1.83. The van der Waals surface area contributed by atoms with Gasteiger partial charge in [0.15, 0.2) is 11.5 Å². The first-order valence-electron chi connectivity index (χ1n) is 6.88. The molecule has 20 heavy (non-hydrogen) atoms. The molecule has 1 aliphatic heterocycles. The molecule has 1 aromatic carbocycles. The lowest BCUT2D eigenvalue weighted by Gasteiger charge is -2.21. The smallest absolute Gasteiger partial charge is 0.192 e. The van der Waals surface area contributed by atoms with E-state index in [0.29, 0.717) is 5.89 Å². The minimum atomic E-state index is 0.240. The average molecular weight is 268 g/mol. The fourth-order valence-corrected chi connectivity index (χ4v) is 2.92. The van der Waals surface area contributed by atoms with E-state index in [2.05, 4.69) is 20.6 Å². The summed E-state index contributed by atoms with van der Waals surface area (Å²) in [7, 11) is 0. The van der Waals surface area contributed by atoms with Crippen molar-refractivity contribution >= 4 is 11.1 Å². The monoisotopic (exact) mass is 268 g/mol. The molecule has 4 rings (SSSR count). The maximum absolute atomic E-state index is 6.00. The number of rotatable bonds is 1. The Labute approximate surface area is 116 Å². The molecule has 0 radical (unpaired) electrons. The van der Waals surface area contributed by atoms with Crippen molar-refractivity contribution in [3.05, 3.63) is 36.1 Å². The minimum Gasteiger partial charge on any atom is -0.441 e. The normalized spacial score (nSPS) is 18.4. The quantitative estimate of drug-likeness (QED) is 0.735. The summed E-state index contributed by atoms with van der Waals surface area (Å²) in [6, 6.07) is 6.31. The van der Waals surface area contributed by atoms with Crippen LogP contribution >= 0.6 is 0 Å². The molecular formula is C15H16N4O. The third-order valence-corrected chi connectivity index (χ3v) is 3.90. The summed E-state index contributed by atoms with van der Waals surface area (Å²) in [5, 5.41) is 0. The molecular weight excluding hydrogens is 252 g/mol. The minimum absolute atomic E-state index is 0.240. The molecule has 3 aromatic rings. The third-order valence-electron chi connectivity index (χ3n) is 3.90. The molecule has 1 aliphatic rings. The van der Waals surface area contributed by atoms with Gasteiger partial charge < -0.3 is 14.7 Å². The number of nitrogens with two attached hydrogens (primary N) is 1. The van der Waals surface area contributed by atoms with Crippen LogP contribution in [0.1, 0.15) is 18.0 Å². The average Bonchev–Trinajstić information content (AvgIpc) is 2.99. The SMILES string of the molecule is Cc1nc2ccc(-c3ncn4c3CCC(N)C4)cc2o1. The highest BCUT2D eigenvalue weighted by Gasteiger charge is 2.20. The van der Waals surface area contributed by atoms with E-state index in [-0.39, 0.29) is 6.04 Å². The standard InChI is InChI=1S/C15H16N4O/c1-9-18-12-4-2-10(6-14(12)20-9)15-13-5-3-11(16)7-19(13)8-17-15/h2,4,6,8,11H,3,5,7,16H2,1H3. The lowest BCUT2D eigenvalue weighted by molar-refractivity contribution is 0.461. The van der Waals surface area contributed by atoms with Crippen LogP contribution in [0.25, 0.3) is 22.4 Å². The first-order valence-corrected chi connectivity index (χ1v) is 6.88. The molecule has 0 fully saturated rings. The predicted octanol–water partition coefficient (Wildman–Crippen LogP) is 2.27. The Kier molecular flexibility index (Phi) is 2.44. The summed E-state index contributed by atoms with van der Waals surface area (Å²) in [5.74, 6) is 0.690. The van der Waals surface area contributed by atoms with Crippen molar-refractivity contribution in [2.45, 2.75) is 32.4 Å². The first kappa shape index (κ1) is 11.7. The van der Waals surface area contributed by atoms with Gasteiger partial charge in [-0.25, -0.2) is 9.97 Å². The van der Waals surface area contributed by atoms with Crippen molar-refractivity contribution in [3.8, 4) is 11.3 Å². The van der Waals surface area contributed by atoms with E-state index in [0.717, 1.165) is 41.7 Å². The number of nitrogens with zero attached hydrogens (tertiary/aromatic N) is 3. The van der Waals surface area contributed by atoms with E-state index >= 15 is 0 Å². The number of imidazole rings is 1. The van der Waals surface area contributed by atoms with Crippen LogP contribution < -0.4 is 5.73 Å². The van der Waals surface area contributed by atoms with Crippen LogP contribution in [0.2, 0.25) is 0 Å². The van der Waals surface area contributed by atoms with Crippen LogP contribution in [0.4, 0.5) is 0 Å². The molecule has 1 atom stereocenters. The lowest BCUT2D eigenvalue weighted by Crippen LogP contribution is -2.31. The molecule has 0 aliphatic carbocycles. The summed E-state index contributed by atoms with van der Waals surface area (Å²) in [6.07, 6.45) is 3.88. The molecule has 3 heterocycles. The van der Waals surface area contributed by atoms with Crippen molar-refractivity contribution in [2.24, 2.45) is 5.73 Å². The van der Waals surface area contributed by atoms with Crippen LogP contribution in [0.3, 0.4) is 0 Å². The van der Waals surface area contributed by atoms with Crippen molar-refractivity contribution in [1.82, 2.24) is 14.5 Å². The number of fused-ring (bicyclic) bond motifs is 2. The van der Waals surface area contributed by atoms with Crippen LogP contribution in [-0.2, 0) is 13.0 Å². The van der Waals surface area contributed by atoms with E-state index in [1.165, 1.54) is 5.69 Å². The van der Waals surface area contributed by atoms with Crippen LogP contribution in [0.15, 0.2) is 28.9 Å². The summed E-state index contributed by atoms with van der Waals surface area (Å²) >= 11 is 0. The van der Waals surface area contributed by atoms with Crippen LogP contribution in [0, 0.1) is 6.92 Å². The molecule has 1 unspecified atom stereocenters. The number of aryl methyl sites for hydroxylation is 1. The summed E-state index contributed by atoms with van der Waals surface area (Å²) < 4.78 is 7.77. The Hall–Kier alpha value is -2.14. The lowest BCUT2D eigenvalue weighted by atomic mass is 10.0. The van der Waals surface area contributed by atoms with Crippen molar-refractivity contribution in [3.63, 3.8) is 0 Å². The largest absolute Gasteiger partial charge is 0.441 e. The second-order valence-electron chi connectivity index (χ2n) is 5.41. The zero-order chi connectivity index (χ0) is 13.7. The number of aromatic nitrogens is 3. The molecule has 2 aromatic heterocycles. The Bertz CT molecular complexity index is 786. The van der Waals surface area contributed by atoms with Crippen LogP contribution in [0.5, 0.6) is 0 Å². The van der Waals surface area contributed by atoms with Gasteiger partial charge in [0.25, 0.3) is 0 Å². The fraction of sp³-hybridized carbons (Fsp3) is 0.333. The maximum Gasteiger partial charge on any atom is 0.192 e. The van der Waals surface area contributed by atoms with E-state index in [9.17, 15) is 0 Å². The van der Waals surface area contributed by atoms with Gasteiger partial charge in [0.1, 0.15) is 5.52 Å². The second-order valence-corrected chi connectivity index (χ2v) is 5.41. The van der Waals surface area contributed by atoms with Gasteiger partial charge in [-0.05, 0) is 25.0 Å². The van der Waals surface area contributed by atoms with Gasteiger partial charge in [-0.15, -0.1) is 0 Å². The summed E-state index contributed by atoms with van der Waals surface area (Å²) in [6.45, 7) is 2.71. The fourth-order valence-electron chi connectivity index (χ4n) is 2.92. The highest BCUT2D eigenvalue weighted by atomic mass is 16.3. The molecule has 5 nitrogen and oxygen atoms in total. The number of hydrogen-bond donors (Lipinski definition) is 1. The number of hydrogen-bond acceptors (Lipinski definition) is 4. The summed E-state index contributed by atoms with van der Waals surface area (Å²) in [4.78, 5) is 8.89. The second kappa shape index (κ2) is 4.18. The molecule has 0 amide bonds. The zero-order valence-electron chi connectivity index (χ0n) is 11.3. The van der Waals surface area contributed by atoms with Crippen molar-refractivity contribution < 1.29 is 4.42 Å². The Morgan fingerprint density at radius 1 is 1.40 bits per heavy atom. The molecule has 0 saturated carbocycles. The van der Waals surface area contributed by atoms with Crippen molar-refractivity contribution in [2.75, 3.05) is 0 Å². The van der Waals surface area contributed by atoms with Gasteiger partial charge in [0.05, 0.1) is 12.0 Å². The third kappa shape index (κ3) is 1.74. The van der Waals surface area contributed by atoms with E-state index < -0.39 is 0 Å². The maximum atomic E-state index is 6.00. The number of benzene rings is 1. The van der Waals surface area contributed by atoms with Gasteiger partial charge in [-0.2, -0.15) is 0 Å². The molecule has 5 heteroatoms. The van der Waals surface area contributed by atoms with E-state index in [4.69, 9.17) is 10.2 Å². The van der Waals surface area contributed by atoms with Gasteiger partial charge in [0.2, 0.25) is 0 Å². The molecule has 0 saturated heterocycles. The highest BCUT2D eigenvalue weighted by Crippen LogP contribution is 2.29. The first-order chi connectivity index (χ1) is 9.70. The van der Waals surface area contributed by atoms with Crippen LogP contribution in [-0.4, -0.2) is 20.6 Å². The molecule has 0 bridgehead atoms. The van der Waals surface area contributed by atoms with Gasteiger partial charge in [0, 0.05) is 30.8 Å². The number of oxazole rings is 1. The van der Waals surface area contributed by atoms with Gasteiger partial charge in [-0.1, -0.05) is 6.07 Å². The molecule has 2 N–H and O–H groups in total. The van der Waals surface area contributed by atoms with Gasteiger partial charge in [-0.3, -0.25) is 0 Å². The topological polar surface area (TPSA) is 69.9 Å². The summed E-state index contributed by atoms with van der Waals surface area (Å²) in [5.41, 5.74) is 11.1. The predicted molar refractivity (Wildman–Crippen MR) is 76.3 cm³/mol. The highest BCUT2D eigenvalue weighted by molar-refractivity contribution is 5.79.